The monoisotopic (exact) mass is 303 g/mol. The van der Waals surface area contributed by atoms with Crippen LogP contribution in [0.15, 0.2) is 36.5 Å². The van der Waals surface area contributed by atoms with Crippen molar-refractivity contribution in [3.8, 4) is 0 Å². The van der Waals surface area contributed by atoms with Gasteiger partial charge in [-0.1, -0.05) is 17.7 Å². The third-order valence-electron chi connectivity index (χ3n) is 3.07. The second kappa shape index (κ2) is 6.59. The van der Waals surface area contributed by atoms with Gasteiger partial charge in [-0.15, -0.1) is 0 Å². The number of hydrogen-bond donors (Lipinski definition) is 1. The Bertz CT molecular complexity index is 638. The van der Waals surface area contributed by atoms with Crippen molar-refractivity contribution in [3.05, 3.63) is 58.4 Å². The van der Waals surface area contributed by atoms with Crippen molar-refractivity contribution >= 4 is 23.2 Å². The van der Waals surface area contributed by atoms with Gasteiger partial charge in [0.15, 0.2) is 0 Å². The SMILES string of the molecule is Cc1ccc(CNc2ccc(Cl)c(C(=O)N(C)C)c2)cn1. The lowest BCUT2D eigenvalue weighted by molar-refractivity contribution is 0.0828. The predicted molar refractivity (Wildman–Crippen MR) is 85.8 cm³/mol. The van der Waals surface area contributed by atoms with Gasteiger partial charge >= 0.3 is 0 Å². The Labute approximate surface area is 129 Å². The van der Waals surface area contributed by atoms with E-state index in [9.17, 15) is 4.79 Å². The zero-order valence-corrected chi connectivity index (χ0v) is 13.1. The van der Waals surface area contributed by atoms with Gasteiger partial charge in [-0.05, 0) is 36.8 Å². The minimum atomic E-state index is -0.111. The van der Waals surface area contributed by atoms with Crippen molar-refractivity contribution in [1.82, 2.24) is 9.88 Å². The molecule has 0 bridgehead atoms. The maximum atomic E-state index is 12.0. The van der Waals surface area contributed by atoms with E-state index in [4.69, 9.17) is 11.6 Å². The standard InChI is InChI=1S/C16H18ClN3O/c1-11-4-5-12(9-18-11)10-19-13-6-7-15(17)14(8-13)16(21)20(2)3/h4-9,19H,10H2,1-3H3. The molecule has 110 valence electrons. The molecular weight excluding hydrogens is 286 g/mol. The molecule has 0 saturated heterocycles. The maximum Gasteiger partial charge on any atom is 0.254 e. The first-order chi connectivity index (χ1) is 9.97. The lowest BCUT2D eigenvalue weighted by atomic mass is 10.1. The average Bonchev–Trinajstić information content (AvgIpc) is 2.47. The summed E-state index contributed by atoms with van der Waals surface area (Å²) in [6, 6.07) is 9.35. The molecule has 0 atom stereocenters. The van der Waals surface area contributed by atoms with Gasteiger partial charge in [-0.2, -0.15) is 0 Å². The summed E-state index contributed by atoms with van der Waals surface area (Å²) in [6.07, 6.45) is 1.84. The van der Waals surface area contributed by atoms with Gasteiger partial charge in [-0.25, -0.2) is 0 Å². The minimum absolute atomic E-state index is 0.111. The van der Waals surface area contributed by atoms with E-state index < -0.39 is 0 Å². The second-order valence-corrected chi connectivity index (χ2v) is 5.46. The Morgan fingerprint density at radius 2 is 2.05 bits per heavy atom. The molecule has 0 unspecified atom stereocenters. The van der Waals surface area contributed by atoms with Crippen LogP contribution in [0.3, 0.4) is 0 Å². The van der Waals surface area contributed by atoms with Crippen molar-refractivity contribution in [2.45, 2.75) is 13.5 Å². The van der Waals surface area contributed by atoms with E-state index in [1.165, 1.54) is 4.90 Å². The number of anilines is 1. The first kappa shape index (κ1) is 15.3. The molecule has 5 heteroatoms. The van der Waals surface area contributed by atoms with E-state index >= 15 is 0 Å². The summed E-state index contributed by atoms with van der Waals surface area (Å²) in [5, 5.41) is 3.73. The van der Waals surface area contributed by atoms with Crippen LogP contribution in [0.25, 0.3) is 0 Å². The van der Waals surface area contributed by atoms with Crippen molar-refractivity contribution in [3.63, 3.8) is 0 Å². The number of hydrogen-bond acceptors (Lipinski definition) is 3. The van der Waals surface area contributed by atoms with Crippen LogP contribution in [-0.4, -0.2) is 29.9 Å². The molecule has 2 rings (SSSR count). The lowest BCUT2D eigenvalue weighted by Crippen LogP contribution is -2.22. The third kappa shape index (κ3) is 3.95. The highest BCUT2D eigenvalue weighted by molar-refractivity contribution is 6.34. The molecule has 0 saturated carbocycles. The number of halogens is 1. The number of amides is 1. The van der Waals surface area contributed by atoms with Gasteiger partial charge in [0.05, 0.1) is 10.6 Å². The second-order valence-electron chi connectivity index (χ2n) is 5.06. The van der Waals surface area contributed by atoms with Gasteiger partial charge in [0.2, 0.25) is 0 Å². The Kier molecular flexibility index (Phi) is 4.81. The molecule has 1 heterocycles. The fraction of sp³-hybridized carbons (Fsp3) is 0.250. The topological polar surface area (TPSA) is 45.2 Å². The number of carbonyl (C=O) groups excluding carboxylic acids is 1. The van der Waals surface area contributed by atoms with Gasteiger partial charge in [0.25, 0.3) is 5.91 Å². The van der Waals surface area contributed by atoms with Crippen molar-refractivity contribution in [2.24, 2.45) is 0 Å². The summed E-state index contributed by atoms with van der Waals surface area (Å²) in [6.45, 7) is 2.60. The summed E-state index contributed by atoms with van der Waals surface area (Å²) < 4.78 is 0. The van der Waals surface area contributed by atoms with E-state index in [1.807, 2.05) is 31.3 Å². The summed E-state index contributed by atoms with van der Waals surface area (Å²) in [5.74, 6) is -0.111. The Morgan fingerprint density at radius 1 is 1.29 bits per heavy atom. The molecule has 0 aliphatic carbocycles. The molecule has 1 aromatic heterocycles. The number of aryl methyl sites for hydroxylation is 1. The number of pyridine rings is 1. The number of rotatable bonds is 4. The van der Waals surface area contributed by atoms with Crippen LogP contribution in [0.2, 0.25) is 5.02 Å². The van der Waals surface area contributed by atoms with Gasteiger partial charge in [0, 0.05) is 38.2 Å². The zero-order chi connectivity index (χ0) is 15.4. The maximum absolute atomic E-state index is 12.0. The number of nitrogens with zero attached hydrogens (tertiary/aromatic N) is 2. The van der Waals surface area contributed by atoms with Crippen LogP contribution < -0.4 is 5.32 Å². The molecular formula is C16H18ClN3O. The highest BCUT2D eigenvalue weighted by atomic mass is 35.5. The molecule has 2 aromatic rings. The fourth-order valence-corrected chi connectivity index (χ4v) is 2.05. The first-order valence-electron chi connectivity index (χ1n) is 6.64. The molecule has 1 amide bonds. The number of benzene rings is 1. The largest absolute Gasteiger partial charge is 0.381 e. The lowest BCUT2D eigenvalue weighted by Gasteiger charge is -2.13. The predicted octanol–water partition coefficient (Wildman–Crippen LogP) is 3.36. The van der Waals surface area contributed by atoms with Crippen LogP contribution in [-0.2, 0) is 6.54 Å². The molecule has 1 N–H and O–H groups in total. The molecule has 21 heavy (non-hydrogen) atoms. The highest BCUT2D eigenvalue weighted by Crippen LogP contribution is 2.22. The Morgan fingerprint density at radius 3 is 2.67 bits per heavy atom. The number of nitrogens with one attached hydrogen (secondary N) is 1. The van der Waals surface area contributed by atoms with Crippen molar-refractivity contribution < 1.29 is 4.79 Å². The van der Waals surface area contributed by atoms with Crippen molar-refractivity contribution in [1.29, 1.82) is 0 Å². The molecule has 0 fully saturated rings. The molecule has 0 radical (unpaired) electrons. The highest BCUT2D eigenvalue weighted by Gasteiger charge is 2.12. The van der Waals surface area contributed by atoms with Gasteiger partial charge in [0.1, 0.15) is 0 Å². The Hall–Kier alpha value is -2.07. The number of carbonyl (C=O) groups is 1. The molecule has 0 spiro atoms. The summed E-state index contributed by atoms with van der Waals surface area (Å²) in [4.78, 5) is 17.8. The molecule has 1 aromatic carbocycles. The summed E-state index contributed by atoms with van der Waals surface area (Å²) >= 11 is 6.08. The molecule has 0 aliphatic heterocycles. The van der Waals surface area contributed by atoms with E-state index in [2.05, 4.69) is 10.3 Å². The minimum Gasteiger partial charge on any atom is -0.381 e. The smallest absolute Gasteiger partial charge is 0.254 e. The molecule has 4 nitrogen and oxygen atoms in total. The first-order valence-corrected chi connectivity index (χ1v) is 7.02. The van der Waals surface area contributed by atoms with E-state index in [0.717, 1.165) is 16.9 Å². The summed E-state index contributed by atoms with van der Waals surface area (Å²) in [5.41, 5.74) is 3.42. The zero-order valence-electron chi connectivity index (χ0n) is 12.4. The van der Waals surface area contributed by atoms with E-state index in [0.29, 0.717) is 17.1 Å². The van der Waals surface area contributed by atoms with Crippen LogP contribution in [0, 0.1) is 6.92 Å². The normalized spacial score (nSPS) is 10.3. The van der Waals surface area contributed by atoms with E-state index in [1.54, 1.807) is 26.2 Å². The summed E-state index contributed by atoms with van der Waals surface area (Å²) in [7, 11) is 3.41. The quantitative estimate of drug-likeness (QED) is 0.942. The number of aromatic nitrogens is 1. The van der Waals surface area contributed by atoms with Crippen LogP contribution in [0.5, 0.6) is 0 Å². The van der Waals surface area contributed by atoms with Gasteiger partial charge in [-0.3, -0.25) is 9.78 Å². The van der Waals surface area contributed by atoms with Crippen LogP contribution in [0.1, 0.15) is 21.6 Å². The van der Waals surface area contributed by atoms with Crippen molar-refractivity contribution in [2.75, 3.05) is 19.4 Å². The average molecular weight is 304 g/mol. The fourth-order valence-electron chi connectivity index (χ4n) is 1.85. The van der Waals surface area contributed by atoms with Gasteiger partial charge < -0.3 is 10.2 Å². The third-order valence-corrected chi connectivity index (χ3v) is 3.40. The van der Waals surface area contributed by atoms with E-state index in [-0.39, 0.29) is 5.91 Å². The van der Waals surface area contributed by atoms with Crippen LogP contribution >= 0.6 is 11.6 Å². The Balaban J connectivity index is 2.12. The van der Waals surface area contributed by atoms with Crippen LogP contribution in [0.4, 0.5) is 5.69 Å². The molecule has 0 aliphatic rings.